The zero-order valence-electron chi connectivity index (χ0n) is 14.2. The first-order valence-electron chi connectivity index (χ1n) is 8.57. The molecule has 0 aliphatic carbocycles. The first-order chi connectivity index (χ1) is 10.9. The van der Waals surface area contributed by atoms with E-state index in [-0.39, 0.29) is 23.5 Å². The lowest BCUT2D eigenvalue weighted by Gasteiger charge is -2.42. The molecule has 1 aromatic heterocycles. The van der Waals surface area contributed by atoms with Crippen LogP contribution in [-0.2, 0) is 16.1 Å². The van der Waals surface area contributed by atoms with Crippen LogP contribution in [0.5, 0.6) is 0 Å². The summed E-state index contributed by atoms with van der Waals surface area (Å²) < 4.78 is 7.57. The Morgan fingerprint density at radius 2 is 2.22 bits per heavy atom. The van der Waals surface area contributed by atoms with Crippen molar-refractivity contribution >= 4 is 5.97 Å². The van der Waals surface area contributed by atoms with Crippen molar-refractivity contribution < 1.29 is 9.53 Å². The zero-order chi connectivity index (χ0) is 16.6. The van der Waals surface area contributed by atoms with Gasteiger partial charge in [0.2, 0.25) is 0 Å². The molecular formula is C18H26N2O3. The minimum Gasteiger partial charge on any atom is -0.458 e. The van der Waals surface area contributed by atoms with Gasteiger partial charge in [-0.3, -0.25) is 9.59 Å². The summed E-state index contributed by atoms with van der Waals surface area (Å²) in [5, 5.41) is 3.36. The van der Waals surface area contributed by atoms with E-state index in [1.165, 1.54) is 0 Å². The summed E-state index contributed by atoms with van der Waals surface area (Å²) in [5.41, 5.74) is 0.672. The van der Waals surface area contributed by atoms with E-state index in [0.717, 1.165) is 25.0 Å². The highest BCUT2D eigenvalue weighted by atomic mass is 16.6. The van der Waals surface area contributed by atoms with E-state index in [2.05, 4.69) is 12.2 Å². The standard InChI is InChI=1S/C18H26N2O3/c1-4-8-18(2,3)23-17(22)16-13-9-12(10-19-16)14-6-5-7-15(21)20(14)11-13/h5-7,12-13,16,19H,4,8-11H2,1-3H3/t12-,13-,16?/m1/s1. The largest absolute Gasteiger partial charge is 0.458 e. The molecule has 0 aromatic carbocycles. The van der Waals surface area contributed by atoms with Crippen molar-refractivity contribution in [1.82, 2.24) is 9.88 Å². The number of nitrogens with zero attached hydrogens (tertiary/aromatic N) is 1. The van der Waals surface area contributed by atoms with Gasteiger partial charge in [-0.15, -0.1) is 0 Å². The second-order valence-corrected chi connectivity index (χ2v) is 7.41. The van der Waals surface area contributed by atoms with Crippen LogP contribution in [0.3, 0.4) is 0 Å². The van der Waals surface area contributed by atoms with E-state index in [4.69, 9.17) is 4.74 Å². The highest BCUT2D eigenvalue weighted by molar-refractivity contribution is 5.77. The van der Waals surface area contributed by atoms with Crippen LogP contribution in [0.1, 0.15) is 51.6 Å². The van der Waals surface area contributed by atoms with E-state index in [0.29, 0.717) is 19.0 Å². The maximum atomic E-state index is 12.6. The topological polar surface area (TPSA) is 60.3 Å². The molecule has 0 spiro atoms. The van der Waals surface area contributed by atoms with Crippen molar-refractivity contribution in [1.29, 1.82) is 0 Å². The lowest BCUT2D eigenvalue weighted by molar-refractivity contribution is -0.162. The van der Waals surface area contributed by atoms with Gasteiger partial charge in [-0.1, -0.05) is 19.4 Å². The van der Waals surface area contributed by atoms with Gasteiger partial charge in [0.25, 0.3) is 5.56 Å². The molecule has 1 saturated heterocycles. The number of esters is 1. The maximum absolute atomic E-state index is 12.6. The third kappa shape index (κ3) is 3.20. The lowest BCUT2D eigenvalue weighted by atomic mass is 9.79. The molecule has 3 rings (SSSR count). The highest BCUT2D eigenvalue weighted by Crippen LogP contribution is 2.35. The van der Waals surface area contributed by atoms with Gasteiger partial charge in [0.15, 0.2) is 0 Å². The summed E-state index contributed by atoms with van der Waals surface area (Å²) in [7, 11) is 0. The Labute approximate surface area is 137 Å². The van der Waals surface area contributed by atoms with Crippen molar-refractivity contribution in [3.63, 3.8) is 0 Å². The van der Waals surface area contributed by atoms with E-state index in [1.54, 1.807) is 6.07 Å². The van der Waals surface area contributed by atoms with Gasteiger partial charge in [-0.2, -0.15) is 0 Å². The molecule has 2 aliphatic rings. The number of rotatable bonds is 4. The lowest BCUT2D eigenvalue weighted by Crippen LogP contribution is -2.55. The van der Waals surface area contributed by atoms with Gasteiger partial charge < -0.3 is 14.6 Å². The maximum Gasteiger partial charge on any atom is 0.324 e. The summed E-state index contributed by atoms with van der Waals surface area (Å²) in [6, 6.07) is 5.12. The molecule has 5 nitrogen and oxygen atoms in total. The van der Waals surface area contributed by atoms with E-state index < -0.39 is 5.60 Å². The number of carbonyl (C=O) groups excluding carboxylic acids is 1. The van der Waals surface area contributed by atoms with E-state index >= 15 is 0 Å². The molecule has 0 saturated carbocycles. The van der Waals surface area contributed by atoms with Crippen LogP contribution >= 0.6 is 0 Å². The van der Waals surface area contributed by atoms with Crippen molar-refractivity contribution in [2.24, 2.45) is 5.92 Å². The molecule has 1 unspecified atom stereocenters. The van der Waals surface area contributed by atoms with E-state index in [9.17, 15) is 9.59 Å². The summed E-state index contributed by atoms with van der Waals surface area (Å²) in [6.07, 6.45) is 2.76. The third-order valence-electron chi connectivity index (χ3n) is 5.04. The summed E-state index contributed by atoms with van der Waals surface area (Å²) in [6.45, 7) is 7.31. The molecule has 23 heavy (non-hydrogen) atoms. The predicted molar refractivity (Wildman–Crippen MR) is 88.4 cm³/mol. The van der Waals surface area contributed by atoms with Crippen molar-refractivity contribution in [2.75, 3.05) is 6.54 Å². The number of pyridine rings is 1. The van der Waals surface area contributed by atoms with Crippen molar-refractivity contribution in [3.8, 4) is 0 Å². The molecule has 1 N–H and O–H groups in total. The van der Waals surface area contributed by atoms with Crippen molar-refractivity contribution in [3.05, 3.63) is 34.2 Å². The van der Waals surface area contributed by atoms with Gasteiger partial charge in [0.05, 0.1) is 0 Å². The zero-order valence-corrected chi connectivity index (χ0v) is 14.2. The Morgan fingerprint density at radius 1 is 1.43 bits per heavy atom. The first kappa shape index (κ1) is 16.2. The molecule has 1 aromatic rings. The molecule has 0 radical (unpaired) electrons. The normalized spacial score (nSPS) is 26.5. The van der Waals surface area contributed by atoms with Gasteiger partial charge in [-0.05, 0) is 32.8 Å². The van der Waals surface area contributed by atoms with Crippen LogP contribution in [-0.4, -0.2) is 28.7 Å². The third-order valence-corrected chi connectivity index (χ3v) is 5.04. The summed E-state index contributed by atoms with van der Waals surface area (Å²) in [5.74, 6) is 0.237. The fourth-order valence-electron chi connectivity index (χ4n) is 4.01. The number of ether oxygens (including phenoxy) is 1. The quantitative estimate of drug-likeness (QED) is 0.863. The van der Waals surface area contributed by atoms with Crippen molar-refractivity contribution in [2.45, 2.75) is 64.1 Å². The van der Waals surface area contributed by atoms with Crippen LogP contribution in [0.25, 0.3) is 0 Å². The number of hydrogen-bond acceptors (Lipinski definition) is 4. The summed E-state index contributed by atoms with van der Waals surface area (Å²) >= 11 is 0. The number of carbonyl (C=O) groups is 1. The van der Waals surface area contributed by atoms with Gasteiger partial charge >= 0.3 is 5.97 Å². The smallest absolute Gasteiger partial charge is 0.324 e. The average molecular weight is 318 g/mol. The molecule has 3 heterocycles. The molecule has 1 fully saturated rings. The first-order valence-corrected chi connectivity index (χ1v) is 8.57. The fraction of sp³-hybridized carbons (Fsp3) is 0.667. The Morgan fingerprint density at radius 3 is 2.96 bits per heavy atom. The fourth-order valence-corrected chi connectivity index (χ4v) is 4.01. The number of nitrogens with one attached hydrogen (secondary N) is 1. The van der Waals surface area contributed by atoms with Crippen LogP contribution in [0.2, 0.25) is 0 Å². The second-order valence-electron chi connectivity index (χ2n) is 7.41. The molecule has 2 bridgehead atoms. The van der Waals surface area contributed by atoms with Gasteiger partial charge in [0.1, 0.15) is 11.6 Å². The monoisotopic (exact) mass is 318 g/mol. The predicted octanol–water partition coefficient (Wildman–Crippen LogP) is 2.05. The van der Waals surface area contributed by atoms with Crippen LogP contribution < -0.4 is 10.9 Å². The Balaban J connectivity index is 1.77. The van der Waals surface area contributed by atoms with Crippen LogP contribution in [0, 0.1) is 5.92 Å². The minimum atomic E-state index is -0.437. The van der Waals surface area contributed by atoms with Crippen LogP contribution in [0.15, 0.2) is 23.0 Å². The molecule has 2 aliphatic heterocycles. The number of piperidine rings is 1. The Bertz CT molecular complexity index is 650. The number of aromatic nitrogens is 1. The van der Waals surface area contributed by atoms with E-state index in [1.807, 2.05) is 30.5 Å². The average Bonchev–Trinajstić information content (AvgIpc) is 2.48. The Kier molecular flexibility index (Phi) is 4.32. The molecular weight excluding hydrogens is 292 g/mol. The minimum absolute atomic E-state index is 0.0255. The second kappa shape index (κ2) is 6.11. The van der Waals surface area contributed by atoms with Gasteiger partial charge in [-0.25, -0.2) is 0 Å². The highest BCUT2D eigenvalue weighted by Gasteiger charge is 2.41. The van der Waals surface area contributed by atoms with Gasteiger partial charge in [0, 0.05) is 36.7 Å². The van der Waals surface area contributed by atoms with Crippen LogP contribution in [0.4, 0.5) is 0 Å². The molecule has 0 amide bonds. The number of hydrogen-bond donors (Lipinski definition) is 1. The SMILES string of the molecule is CCCC(C)(C)OC(=O)C1NC[C@H]2C[C@@H]1Cn1c2cccc1=O. The Hall–Kier alpha value is -1.62. The summed E-state index contributed by atoms with van der Waals surface area (Å²) in [4.78, 5) is 24.7. The molecule has 3 atom stereocenters. The molecule has 5 heteroatoms. The number of fused-ring (bicyclic) bond motifs is 4. The molecule has 126 valence electrons.